The first kappa shape index (κ1) is 60.7. The van der Waals surface area contributed by atoms with E-state index in [1.807, 2.05) is 36.4 Å². The SMILES string of the molecule is Cc1ccc(NC(=O)N(Cc2ccc(C(=O)NCCC(=O)OC(=O)CCNC(=O)c3ccc(CN(C(=O)Nc4ccc(C)c(S(C)(=O)=O)c4)c4ccc(C5CCCCC5)cc4)cc3)cc2)c2ccc(C3=CCCCC3)cc2)cc1S(C)(=O)=O. The maximum atomic E-state index is 14.0. The van der Waals surface area contributed by atoms with Gasteiger partial charge in [0.1, 0.15) is 0 Å². The number of amides is 6. The molecule has 0 unspecified atom stereocenters. The summed E-state index contributed by atoms with van der Waals surface area (Å²) in [6.45, 7) is 3.34. The molecule has 8 rings (SSSR count). The predicted octanol–water partition coefficient (Wildman–Crippen LogP) is 11.6. The van der Waals surface area contributed by atoms with Gasteiger partial charge in [0, 0.05) is 59.5 Å². The molecule has 1 saturated carbocycles. The Kier molecular flexibility index (Phi) is 20.1. The average Bonchev–Trinajstić information content (AvgIpc) is 3.49. The van der Waals surface area contributed by atoms with Gasteiger partial charge in [0.25, 0.3) is 11.8 Å². The lowest BCUT2D eigenvalue weighted by molar-refractivity contribution is -0.159. The molecule has 2 aliphatic carbocycles. The van der Waals surface area contributed by atoms with Crippen LogP contribution in [0.5, 0.6) is 0 Å². The molecule has 0 radical (unpaired) electrons. The lowest BCUT2D eigenvalue weighted by Gasteiger charge is -2.26. The third kappa shape index (κ3) is 16.8. The maximum absolute atomic E-state index is 14.0. The van der Waals surface area contributed by atoms with Gasteiger partial charge in [-0.05, 0) is 170 Å². The first-order valence-corrected chi connectivity index (χ1v) is 31.6. The standard InChI is InChI=1S/C64H70N6O11S2/c1-43-15-29-53(39-57(43)82(3,77)78)67-63(75)69(55-31-25-49(26-32-55)47-11-7-5-8-12-47)41-45-17-21-51(22-18-45)61(73)65-37-35-59(71)81-60(72)36-38-66-62(74)52-23-19-46(20-24-52)42-70(56-33-27-50(28-34-56)48-13-9-6-10-14-48)64(76)68-54-30-16-44(2)58(40-54)83(4,79)80/h11,15-34,39-40,48H,5-10,12-14,35-38,41-42H2,1-4H3,(H,65,73)(H,66,74)(H,67,75)(H,68,76). The van der Waals surface area contributed by atoms with E-state index in [1.165, 1.54) is 47.4 Å². The summed E-state index contributed by atoms with van der Waals surface area (Å²) in [6.07, 6.45) is 14.0. The topological polar surface area (TPSA) is 235 Å². The Bertz CT molecular complexity index is 3620. The number of allylic oxidation sites excluding steroid dienone is 2. The first-order chi connectivity index (χ1) is 39.7. The number of urea groups is 2. The van der Waals surface area contributed by atoms with Crippen molar-refractivity contribution < 1.29 is 50.3 Å². The van der Waals surface area contributed by atoms with Crippen molar-refractivity contribution in [2.75, 3.05) is 46.0 Å². The van der Waals surface area contributed by atoms with Gasteiger partial charge in [-0.15, -0.1) is 0 Å². The molecule has 0 saturated heterocycles. The summed E-state index contributed by atoms with van der Waals surface area (Å²) >= 11 is 0. The third-order valence-electron chi connectivity index (χ3n) is 14.9. The van der Waals surface area contributed by atoms with Crippen LogP contribution in [0.25, 0.3) is 5.57 Å². The number of carbonyl (C=O) groups excluding carboxylic acids is 6. The van der Waals surface area contributed by atoms with Gasteiger partial charge < -0.3 is 26.0 Å². The summed E-state index contributed by atoms with van der Waals surface area (Å²) in [5, 5.41) is 11.0. The zero-order chi connectivity index (χ0) is 59.3. The van der Waals surface area contributed by atoms with Crippen molar-refractivity contribution in [3.05, 3.63) is 184 Å². The van der Waals surface area contributed by atoms with Gasteiger partial charge >= 0.3 is 24.0 Å². The van der Waals surface area contributed by atoms with Crippen LogP contribution in [-0.4, -0.2) is 78.3 Å². The quantitative estimate of drug-likeness (QED) is 0.0414. The van der Waals surface area contributed by atoms with E-state index >= 15 is 0 Å². The molecule has 19 heteroatoms. The van der Waals surface area contributed by atoms with Crippen LogP contribution in [0.1, 0.15) is 131 Å². The lowest BCUT2D eigenvalue weighted by atomic mass is 9.84. The number of hydrogen-bond acceptors (Lipinski definition) is 11. The highest BCUT2D eigenvalue weighted by molar-refractivity contribution is 7.91. The number of aryl methyl sites for hydroxylation is 2. The summed E-state index contributed by atoms with van der Waals surface area (Å²) in [6, 6.07) is 37.3. The zero-order valence-electron chi connectivity index (χ0n) is 47.2. The number of nitrogens with one attached hydrogen (secondary N) is 4. The second kappa shape index (κ2) is 27.6. The molecular formula is C64H70N6O11S2. The summed E-state index contributed by atoms with van der Waals surface area (Å²) in [4.78, 5) is 82.6. The first-order valence-electron chi connectivity index (χ1n) is 27.8. The maximum Gasteiger partial charge on any atom is 0.326 e. The lowest BCUT2D eigenvalue weighted by Crippen LogP contribution is -2.34. The van der Waals surface area contributed by atoms with Crippen LogP contribution in [0, 0.1) is 13.8 Å². The summed E-state index contributed by atoms with van der Waals surface area (Å²) in [7, 11) is -7.10. The van der Waals surface area contributed by atoms with Crippen LogP contribution in [0.15, 0.2) is 149 Å². The molecule has 0 atom stereocenters. The molecule has 83 heavy (non-hydrogen) atoms. The number of nitrogens with zero attached hydrogens (tertiary/aromatic N) is 2. The Balaban J connectivity index is 0.802. The molecule has 6 amide bonds. The Morgan fingerprint density at radius 1 is 0.530 bits per heavy atom. The fraction of sp³-hybridized carbons (Fsp3) is 0.312. The molecule has 2 aliphatic rings. The minimum atomic E-state index is -3.55. The Morgan fingerprint density at radius 3 is 1.40 bits per heavy atom. The van der Waals surface area contributed by atoms with E-state index in [4.69, 9.17) is 4.74 Å². The molecule has 0 spiro atoms. The van der Waals surface area contributed by atoms with E-state index in [1.54, 1.807) is 91.5 Å². The zero-order valence-corrected chi connectivity index (χ0v) is 48.8. The van der Waals surface area contributed by atoms with Crippen LogP contribution in [-0.2, 0) is 47.1 Å². The van der Waals surface area contributed by atoms with Crippen LogP contribution in [0.2, 0.25) is 0 Å². The second-order valence-electron chi connectivity index (χ2n) is 21.2. The third-order valence-corrected chi connectivity index (χ3v) is 17.3. The van der Waals surface area contributed by atoms with Gasteiger partial charge in [-0.3, -0.25) is 29.0 Å². The number of rotatable bonds is 20. The summed E-state index contributed by atoms with van der Waals surface area (Å²) in [5.74, 6) is -2.24. The molecule has 1 fully saturated rings. The fourth-order valence-electron chi connectivity index (χ4n) is 10.3. The highest BCUT2D eigenvalue weighted by Crippen LogP contribution is 2.35. The van der Waals surface area contributed by atoms with Crippen molar-refractivity contribution in [2.45, 2.75) is 113 Å². The summed E-state index contributed by atoms with van der Waals surface area (Å²) in [5.41, 5.74) is 8.49. The van der Waals surface area contributed by atoms with E-state index < -0.39 is 55.5 Å². The second-order valence-corrected chi connectivity index (χ2v) is 25.2. The fourth-order valence-corrected chi connectivity index (χ4v) is 12.3. The number of hydrogen-bond donors (Lipinski definition) is 4. The van der Waals surface area contributed by atoms with Crippen molar-refractivity contribution >= 4 is 83.8 Å². The summed E-state index contributed by atoms with van der Waals surface area (Å²) < 4.78 is 54.7. The number of carbonyl (C=O) groups is 6. The normalized spacial score (nSPS) is 13.7. The highest BCUT2D eigenvalue weighted by atomic mass is 32.2. The van der Waals surface area contributed by atoms with Crippen molar-refractivity contribution in [3.63, 3.8) is 0 Å². The van der Waals surface area contributed by atoms with Crippen molar-refractivity contribution in [2.24, 2.45) is 0 Å². The number of sulfone groups is 2. The number of benzene rings is 6. The molecule has 6 aromatic carbocycles. The molecule has 0 heterocycles. The van der Waals surface area contributed by atoms with Crippen LogP contribution in [0.4, 0.5) is 32.3 Å². The molecule has 4 N–H and O–H groups in total. The Hall–Kier alpha value is -8.42. The molecule has 6 aromatic rings. The van der Waals surface area contributed by atoms with E-state index in [9.17, 15) is 45.6 Å². The number of ether oxygens (including phenoxy) is 1. The van der Waals surface area contributed by atoms with Gasteiger partial charge in [-0.1, -0.05) is 86.0 Å². The molecule has 0 aromatic heterocycles. The van der Waals surface area contributed by atoms with E-state index in [0.29, 0.717) is 50.9 Å². The van der Waals surface area contributed by atoms with E-state index in [0.717, 1.165) is 56.6 Å². The van der Waals surface area contributed by atoms with Crippen LogP contribution < -0.4 is 31.1 Å². The minimum absolute atomic E-state index is 0.103. The highest BCUT2D eigenvalue weighted by Gasteiger charge is 2.24. The van der Waals surface area contributed by atoms with Crippen LogP contribution >= 0.6 is 0 Å². The molecule has 434 valence electrons. The average molecular weight is 1160 g/mol. The minimum Gasteiger partial charge on any atom is -0.393 e. The van der Waals surface area contributed by atoms with Gasteiger partial charge in [-0.25, -0.2) is 26.4 Å². The smallest absolute Gasteiger partial charge is 0.326 e. The van der Waals surface area contributed by atoms with Crippen molar-refractivity contribution in [1.29, 1.82) is 0 Å². The molecule has 0 bridgehead atoms. The molecule has 0 aliphatic heterocycles. The van der Waals surface area contributed by atoms with Crippen molar-refractivity contribution in [3.8, 4) is 0 Å². The van der Waals surface area contributed by atoms with Crippen molar-refractivity contribution in [1.82, 2.24) is 10.6 Å². The van der Waals surface area contributed by atoms with Gasteiger partial charge in [0.05, 0.1) is 35.7 Å². The van der Waals surface area contributed by atoms with Crippen LogP contribution in [0.3, 0.4) is 0 Å². The van der Waals surface area contributed by atoms with Gasteiger partial charge in [0.15, 0.2) is 19.7 Å². The Morgan fingerprint density at radius 2 is 0.976 bits per heavy atom. The van der Waals surface area contributed by atoms with E-state index in [2.05, 4.69) is 39.5 Å². The molecule has 17 nitrogen and oxygen atoms in total. The predicted molar refractivity (Wildman–Crippen MR) is 322 cm³/mol. The molecular weight excluding hydrogens is 1090 g/mol. The largest absolute Gasteiger partial charge is 0.393 e. The number of esters is 2. The Labute approximate surface area is 485 Å². The van der Waals surface area contributed by atoms with Gasteiger partial charge in [0.2, 0.25) is 0 Å². The monoisotopic (exact) mass is 1160 g/mol. The number of anilines is 4. The van der Waals surface area contributed by atoms with E-state index in [-0.39, 0.29) is 59.9 Å². The van der Waals surface area contributed by atoms with Gasteiger partial charge in [-0.2, -0.15) is 0 Å².